The Kier molecular flexibility index (Phi) is 4.46. The standard InChI is InChI=1S/C17H22N2O2/c1-4-6-12-19-15(20)14(5-2)18-16(21)17(19,3)13-10-8-7-9-11-13/h4,6-11,14H,5,12H2,1-3H3,(H,18,21)/b6-4+. The Morgan fingerprint density at radius 3 is 2.52 bits per heavy atom. The van der Waals surface area contributed by atoms with Crippen molar-refractivity contribution in [2.45, 2.75) is 38.8 Å². The van der Waals surface area contributed by atoms with Gasteiger partial charge < -0.3 is 10.2 Å². The van der Waals surface area contributed by atoms with Gasteiger partial charge in [-0.05, 0) is 25.8 Å². The maximum Gasteiger partial charge on any atom is 0.251 e. The summed E-state index contributed by atoms with van der Waals surface area (Å²) in [5.74, 6) is -0.147. The van der Waals surface area contributed by atoms with Crippen molar-refractivity contribution in [3.05, 3.63) is 48.0 Å². The maximum atomic E-state index is 12.7. The summed E-state index contributed by atoms with van der Waals surface area (Å²) in [7, 11) is 0. The fourth-order valence-electron chi connectivity index (χ4n) is 2.70. The maximum absolute atomic E-state index is 12.7. The van der Waals surface area contributed by atoms with Crippen LogP contribution >= 0.6 is 0 Å². The van der Waals surface area contributed by atoms with Gasteiger partial charge >= 0.3 is 0 Å². The molecule has 1 aromatic rings. The lowest BCUT2D eigenvalue weighted by Crippen LogP contribution is -2.67. The van der Waals surface area contributed by atoms with Gasteiger partial charge in [0.05, 0.1) is 0 Å². The monoisotopic (exact) mass is 286 g/mol. The first-order chi connectivity index (χ1) is 10.1. The van der Waals surface area contributed by atoms with Crippen LogP contribution in [0.15, 0.2) is 42.5 Å². The normalized spacial score (nSPS) is 26.2. The van der Waals surface area contributed by atoms with E-state index >= 15 is 0 Å². The molecule has 1 saturated heterocycles. The number of carbonyl (C=O) groups is 2. The zero-order valence-electron chi connectivity index (χ0n) is 12.8. The Morgan fingerprint density at radius 1 is 1.29 bits per heavy atom. The molecule has 0 radical (unpaired) electrons. The Bertz CT molecular complexity index is 553. The van der Waals surface area contributed by atoms with Crippen LogP contribution in [0.1, 0.15) is 32.8 Å². The molecule has 0 spiro atoms. The van der Waals surface area contributed by atoms with Crippen molar-refractivity contribution in [1.29, 1.82) is 0 Å². The van der Waals surface area contributed by atoms with Gasteiger partial charge in [0.1, 0.15) is 11.6 Å². The molecule has 1 aliphatic rings. The summed E-state index contributed by atoms with van der Waals surface area (Å²) in [6.45, 7) is 6.06. The predicted molar refractivity (Wildman–Crippen MR) is 82.5 cm³/mol. The molecule has 4 heteroatoms. The van der Waals surface area contributed by atoms with Crippen molar-refractivity contribution in [2.75, 3.05) is 6.54 Å². The summed E-state index contributed by atoms with van der Waals surface area (Å²) in [4.78, 5) is 27.0. The molecule has 0 aliphatic carbocycles. The number of hydrogen-bond acceptors (Lipinski definition) is 2. The molecular weight excluding hydrogens is 264 g/mol. The van der Waals surface area contributed by atoms with Gasteiger partial charge in [0.25, 0.3) is 5.91 Å². The highest BCUT2D eigenvalue weighted by molar-refractivity contribution is 6.00. The third-order valence-electron chi connectivity index (χ3n) is 4.12. The average molecular weight is 286 g/mol. The smallest absolute Gasteiger partial charge is 0.251 e. The van der Waals surface area contributed by atoms with E-state index in [1.807, 2.05) is 63.3 Å². The fraction of sp³-hybridized carbons (Fsp3) is 0.412. The van der Waals surface area contributed by atoms with E-state index in [0.29, 0.717) is 13.0 Å². The number of carbonyl (C=O) groups excluding carboxylic acids is 2. The van der Waals surface area contributed by atoms with Crippen molar-refractivity contribution < 1.29 is 9.59 Å². The number of hydrogen-bond donors (Lipinski definition) is 1. The van der Waals surface area contributed by atoms with Crippen LogP contribution in [-0.4, -0.2) is 29.3 Å². The van der Waals surface area contributed by atoms with Crippen LogP contribution in [-0.2, 0) is 15.1 Å². The van der Waals surface area contributed by atoms with Gasteiger partial charge in [-0.15, -0.1) is 0 Å². The lowest BCUT2D eigenvalue weighted by molar-refractivity contribution is -0.156. The second-order valence-electron chi connectivity index (χ2n) is 5.39. The molecule has 112 valence electrons. The molecule has 1 fully saturated rings. The molecule has 1 N–H and O–H groups in total. The lowest BCUT2D eigenvalue weighted by atomic mass is 9.85. The van der Waals surface area contributed by atoms with E-state index in [4.69, 9.17) is 0 Å². The van der Waals surface area contributed by atoms with Gasteiger partial charge in [0.2, 0.25) is 5.91 Å². The minimum Gasteiger partial charge on any atom is -0.342 e. The minimum atomic E-state index is -0.969. The molecule has 0 saturated carbocycles. The van der Waals surface area contributed by atoms with E-state index in [9.17, 15) is 9.59 Å². The molecule has 2 atom stereocenters. The van der Waals surface area contributed by atoms with Gasteiger partial charge in [-0.1, -0.05) is 49.4 Å². The average Bonchev–Trinajstić information content (AvgIpc) is 2.51. The molecule has 4 nitrogen and oxygen atoms in total. The molecule has 1 heterocycles. The highest BCUT2D eigenvalue weighted by Crippen LogP contribution is 2.32. The number of nitrogens with zero attached hydrogens (tertiary/aromatic N) is 1. The molecule has 2 rings (SSSR count). The number of allylic oxidation sites excluding steroid dienone is 1. The lowest BCUT2D eigenvalue weighted by Gasteiger charge is -2.46. The highest BCUT2D eigenvalue weighted by atomic mass is 16.2. The Morgan fingerprint density at radius 2 is 1.95 bits per heavy atom. The molecule has 1 aliphatic heterocycles. The van der Waals surface area contributed by atoms with Gasteiger partial charge in [0, 0.05) is 6.54 Å². The van der Waals surface area contributed by atoms with Crippen molar-refractivity contribution in [1.82, 2.24) is 10.2 Å². The van der Waals surface area contributed by atoms with E-state index in [1.165, 1.54) is 0 Å². The molecule has 2 unspecified atom stereocenters. The van der Waals surface area contributed by atoms with Crippen LogP contribution in [0.25, 0.3) is 0 Å². The summed E-state index contributed by atoms with van der Waals surface area (Å²) in [6, 6.07) is 9.03. The number of rotatable bonds is 4. The first-order valence-corrected chi connectivity index (χ1v) is 7.34. The number of piperazine rings is 1. The Hall–Kier alpha value is -2.10. The topological polar surface area (TPSA) is 49.4 Å². The molecule has 21 heavy (non-hydrogen) atoms. The zero-order valence-corrected chi connectivity index (χ0v) is 12.8. The van der Waals surface area contributed by atoms with Crippen LogP contribution in [0.5, 0.6) is 0 Å². The summed E-state index contributed by atoms with van der Waals surface area (Å²) >= 11 is 0. The third kappa shape index (κ3) is 2.58. The molecule has 0 bridgehead atoms. The van der Waals surface area contributed by atoms with Crippen LogP contribution in [0.2, 0.25) is 0 Å². The summed E-state index contributed by atoms with van der Waals surface area (Å²) in [5, 5.41) is 2.86. The summed E-state index contributed by atoms with van der Waals surface area (Å²) < 4.78 is 0. The Balaban J connectivity index is 2.49. The molecule has 0 aromatic heterocycles. The Labute approximate surface area is 125 Å². The van der Waals surface area contributed by atoms with Crippen molar-refractivity contribution in [3.8, 4) is 0 Å². The van der Waals surface area contributed by atoms with Crippen molar-refractivity contribution in [3.63, 3.8) is 0 Å². The SMILES string of the molecule is C/C=C/CN1C(=O)C(CC)NC(=O)C1(C)c1ccccc1. The van der Waals surface area contributed by atoms with E-state index in [1.54, 1.807) is 4.90 Å². The van der Waals surface area contributed by atoms with Crippen LogP contribution in [0, 0.1) is 0 Å². The van der Waals surface area contributed by atoms with Crippen molar-refractivity contribution >= 4 is 11.8 Å². The quantitative estimate of drug-likeness (QED) is 0.863. The summed E-state index contributed by atoms with van der Waals surface area (Å²) in [6.07, 6.45) is 4.40. The first kappa shape index (κ1) is 15.3. The van der Waals surface area contributed by atoms with Crippen LogP contribution in [0.4, 0.5) is 0 Å². The van der Waals surface area contributed by atoms with Gasteiger partial charge in [-0.25, -0.2) is 0 Å². The minimum absolute atomic E-state index is 0.0263. The second-order valence-corrected chi connectivity index (χ2v) is 5.39. The number of benzene rings is 1. The van der Waals surface area contributed by atoms with Gasteiger partial charge in [-0.2, -0.15) is 0 Å². The second kappa shape index (κ2) is 6.12. The summed E-state index contributed by atoms with van der Waals surface area (Å²) in [5.41, 5.74) is -0.140. The fourth-order valence-corrected chi connectivity index (χ4v) is 2.70. The van der Waals surface area contributed by atoms with E-state index in [2.05, 4.69) is 5.32 Å². The van der Waals surface area contributed by atoms with E-state index in [-0.39, 0.29) is 11.8 Å². The number of nitrogens with one attached hydrogen (secondary N) is 1. The predicted octanol–water partition coefficient (Wildman–Crippen LogP) is 2.21. The van der Waals surface area contributed by atoms with Gasteiger partial charge in [-0.3, -0.25) is 9.59 Å². The highest BCUT2D eigenvalue weighted by Gasteiger charge is 2.49. The third-order valence-corrected chi connectivity index (χ3v) is 4.12. The molecule has 2 amide bonds. The zero-order chi connectivity index (χ0) is 15.5. The molecular formula is C17H22N2O2. The van der Waals surface area contributed by atoms with Crippen LogP contribution < -0.4 is 5.32 Å². The van der Waals surface area contributed by atoms with Gasteiger partial charge in [0.15, 0.2) is 0 Å². The van der Waals surface area contributed by atoms with E-state index in [0.717, 1.165) is 5.56 Å². The largest absolute Gasteiger partial charge is 0.342 e. The van der Waals surface area contributed by atoms with Crippen LogP contribution in [0.3, 0.4) is 0 Å². The number of amides is 2. The van der Waals surface area contributed by atoms with Crippen molar-refractivity contribution in [2.24, 2.45) is 0 Å². The molecule has 1 aromatic carbocycles. The first-order valence-electron chi connectivity index (χ1n) is 7.34. The van der Waals surface area contributed by atoms with E-state index < -0.39 is 11.6 Å².